The number of hydrogen-bond acceptors (Lipinski definition) is 4. The molecule has 1 atom stereocenters. The molecule has 0 saturated carbocycles. The number of ether oxygens (including phenoxy) is 2. The molecule has 1 N–H and O–H groups in total. The molecule has 0 aliphatic rings. The van der Waals surface area contributed by atoms with Gasteiger partial charge in [0.25, 0.3) is 0 Å². The maximum Gasteiger partial charge on any atom is 0.138 e. The van der Waals surface area contributed by atoms with Crippen molar-refractivity contribution >= 4 is 0 Å². The van der Waals surface area contributed by atoms with Gasteiger partial charge in [-0.1, -0.05) is 6.92 Å². The summed E-state index contributed by atoms with van der Waals surface area (Å²) < 4.78 is 10.8. The van der Waals surface area contributed by atoms with Gasteiger partial charge >= 0.3 is 0 Å². The molecule has 4 nitrogen and oxygen atoms in total. The summed E-state index contributed by atoms with van der Waals surface area (Å²) in [5.74, 6) is 0.835. The third kappa shape index (κ3) is 6.03. The fourth-order valence-corrected chi connectivity index (χ4v) is 2.03. The van der Waals surface area contributed by atoms with E-state index in [0.717, 1.165) is 31.7 Å². The summed E-state index contributed by atoms with van der Waals surface area (Å²) in [6.07, 6.45) is 5.91. The molecule has 0 aliphatic carbocycles. The molecule has 0 spiro atoms. The van der Waals surface area contributed by atoms with E-state index in [0.29, 0.717) is 6.04 Å². The van der Waals surface area contributed by atoms with Crippen LogP contribution in [0.2, 0.25) is 0 Å². The number of methoxy groups -OCH3 is 1. The second-order valence-corrected chi connectivity index (χ2v) is 4.87. The first-order valence-corrected chi connectivity index (χ1v) is 7.01. The Kier molecular flexibility index (Phi) is 7.45. The third-order valence-corrected chi connectivity index (χ3v) is 2.80. The van der Waals surface area contributed by atoms with Crippen LogP contribution in [0.3, 0.4) is 0 Å². The predicted molar refractivity (Wildman–Crippen MR) is 77.5 cm³/mol. The summed E-state index contributed by atoms with van der Waals surface area (Å²) in [5, 5.41) is 3.49. The van der Waals surface area contributed by atoms with Gasteiger partial charge < -0.3 is 14.8 Å². The fraction of sp³-hybridized carbons (Fsp3) is 0.667. The van der Waals surface area contributed by atoms with Gasteiger partial charge in [0, 0.05) is 26.0 Å². The quantitative estimate of drug-likeness (QED) is 0.698. The maximum atomic E-state index is 5.69. The van der Waals surface area contributed by atoms with Gasteiger partial charge in [0.05, 0.1) is 12.3 Å². The van der Waals surface area contributed by atoms with Crippen molar-refractivity contribution < 1.29 is 9.47 Å². The van der Waals surface area contributed by atoms with Gasteiger partial charge in [0.2, 0.25) is 0 Å². The minimum absolute atomic E-state index is 0.170. The summed E-state index contributed by atoms with van der Waals surface area (Å²) in [7, 11) is 1.74. The van der Waals surface area contributed by atoms with Crippen LogP contribution in [0.25, 0.3) is 0 Å². The van der Waals surface area contributed by atoms with Crippen LogP contribution in [0.5, 0.6) is 5.75 Å². The highest BCUT2D eigenvalue weighted by Crippen LogP contribution is 2.22. The molecule has 0 fully saturated rings. The van der Waals surface area contributed by atoms with Crippen molar-refractivity contribution in [1.29, 1.82) is 0 Å². The highest BCUT2D eigenvalue weighted by atomic mass is 16.5. The predicted octanol–water partition coefficient (Wildman–Crippen LogP) is 2.95. The molecule has 1 unspecified atom stereocenters. The van der Waals surface area contributed by atoms with Crippen molar-refractivity contribution in [3.63, 3.8) is 0 Å². The summed E-state index contributed by atoms with van der Waals surface area (Å²) in [6, 6.07) is 2.39. The van der Waals surface area contributed by atoms with Crippen LogP contribution in [0.15, 0.2) is 18.5 Å². The van der Waals surface area contributed by atoms with Gasteiger partial charge in [-0.25, -0.2) is 0 Å². The van der Waals surface area contributed by atoms with Crippen LogP contribution < -0.4 is 10.1 Å². The molecule has 0 bridgehead atoms. The van der Waals surface area contributed by atoms with Crippen molar-refractivity contribution in [2.24, 2.45) is 0 Å². The fourth-order valence-electron chi connectivity index (χ4n) is 2.03. The van der Waals surface area contributed by atoms with Crippen molar-refractivity contribution in [3.8, 4) is 5.75 Å². The van der Waals surface area contributed by atoms with Crippen LogP contribution in [0.4, 0.5) is 0 Å². The van der Waals surface area contributed by atoms with Crippen LogP contribution in [0.1, 0.15) is 45.2 Å². The van der Waals surface area contributed by atoms with Crippen molar-refractivity contribution in [2.45, 2.75) is 45.8 Å². The van der Waals surface area contributed by atoms with E-state index in [-0.39, 0.29) is 6.10 Å². The van der Waals surface area contributed by atoms with E-state index in [9.17, 15) is 0 Å². The van der Waals surface area contributed by atoms with Crippen molar-refractivity contribution in [3.05, 3.63) is 24.0 Å². The van der Waals surface area contributed by atoms with Crippen molar-refractivity contribution in [1.82, 2.24) is 10.3 Å². The first kappa shape index (κ1) is 15.9. The molecular weight excluding hydrogens is 240 g/mol. The largest absolute Gasteiger partial charge is 0.489 e. The minimum Gasteiger partial charge on any atom is -0.489 e. The number of aromatic nitrogens is 1. The summed E-state index contributed by atoms with van der Waals surface area (Å²) in [4.78, 5) is 4.27. The molecule has 108 valence electrons. The normalized spacial score (nSPS) is 12.7. The maximum absolute atomic E-state index is 5.69. The molecule has 0 amide bonds. The molecule has 0 aromatic carbocycles. The number of hydrogen-bond donors (Lipinski definition) is 1. The Morgan fingerprint density at radius 1 is 1.32 bits per heavy atom. The van der Waals surface area contributed by atoms with E-state index < -0.39 is 0 Å². The first-order valence-electron chi connectivity index (χ1n) is 7.01. The molecule has 0 aliphatic heterocycles. The molecule has 0 radical (unpaired) electrons. The zero-order valence-electron chi connectivity index (χ0n) is 12.5. The smallest absolute Gasteiger partial charge is 0.138 e. The van der Waals surface area contributed by atoms with Gasteiger partial charge in [-0.3, -0.25) is 4.98 Å². The van der Waals surface area contributed by atoms with E-state index >= 15 is 0 Å². The van der Waals surface area contributed by atoms with E-state index in [1.807, 2.05) is 20.0 Å². The Balaban J connectivity index is 2.71. The molecule has 1 aromatic heterocycles. The van der Waals surface area contributed by atoms with Crippen LogP contribution in [-0.4, -0.2) is 31.3 Å². The van der Waals surface area contributed by atoms with E-state index in [2.05, 4.69) is 23.3 Å². The number of rotatable bonds is 9. The molecule has 1 heterocycles. The second kappa shape index (κ2) is 8.88. The standard InChI is InChI=1S/C15H26N2O2/c1-5-17-15(7-6-8-18-4)13-9-14(11-16-10-13)19-12(2)3/h9-12,15,17H,5-8H2,1-4H3. The molecule has 4 heteroatoms. The average molecular weight is 266 g/mol. The monoisotopic (exact) mass is 266 g/mol. The molecule has 1 rings (SSSR count). The Hall–Kier alpha value is -1.13. The van der Waals surface area contributed by atoms with Gasteiger partial charge in [-0.15, -0.1) is 0 Å². The Morgan fingerprint density at radius 3 is 2.74 bits per heavy atom. The van der Waals surface area contributed by atoms with Crippen molar-refractivity contribution in [2.75, 3.05) is 20.3 Å². The van der Waals surface area contributed by atoms with Gasteiger partial charge in [-0.05, 0) is 44.9 Å². The van der Waals surface area contributed by atoms with Gasteiger partial charge in [0.1, 0.15) is 5.75 Å². The third-order valence-electron chi connectivity index (χ3n) is 2.80. The molecule has 0 saturated heterocycles. The zero-order valence-corrected chi connectivity index (χ0v) is 12.5. The number of nitrogens with one attached hydrogen (secondary N) is 1. The molecule has 1 aromatic rings. The lowest BCUT2D eigenvalue weighted by Gasteiger charge is -2.19. The molecular formula is C15H26N2O2. The van der Waals surface area contributed by atoms with Crippen LogP contribution in [0, 0.1) is 0 Å². The summed E-state index contributed by atoms with van der Waals surface area (Å²) in [6.45, 7) is 7.88. The topological polar surface area (TPSA) is 43.4 Å². The summed E-state index contributed by atoms with van der Waals surface area (Å²) in [5.41, 5.74) is 1.18. The lowest BCUT2D eigenvalue weighted by Crippen LogP contribution is -2.21. The zero-order chi connectivity index (χ0) is 14.1. The highest BCUT2D eigenvalue weighted by molar-refractivity contribution is 5.26. The molecule has 19 heavy (non-hydrogen) atoms. The van der Waals surface area contributed by atoms with Gasteiger partial charge in [0.15, 0.2) is 0 Å². The van der Waals surface area contributed by atoms with Gasteiger partial charge in [-0.2, -0.15) is 0 Å². The first-order chi connectivity index (χ1) is 9.17. The van der Waals surface area contributed by atoms with Crippen LogP contribution in [-0.2, 0) is 4.74 Å². The highest BCUT2D eigenvalue weighted by Gasteiger charge is 2.11. The Morgan fingerprint density at radius 2 is 2.11 bits per heavy atom. The Bertz CT molecular complexity index is 356. The van der Waals surface area contributed by atoms with E-state index in [4.69, 9.17) is 9.47 Å². The SMILES string of the molecule is CCNC(CCCOC)c1cncc(OC(C)C)c1. The summed E-state index contributed by atoms with van der Waals surface area (Å²) >= 11 is 0. The minimum atomic E-state index is 0.170. The lowest BCUT2D eigenvalue weighted by molar-refractivity contribution is 0.188. The van der Waals surface area contributed by atoms with Crippen LogP contribution >= 0.6 is 0 Å². The number of pyridine rings is 1. The lowest BCUT2D eigenvalue weighted by atomic mass is 10.0. The van der Waals surface area contributed by atoms with E-state index in [1.165, 1.54) is 5.56 Å². The average Bonchev–Trinajstić information content (AvgIpc) is 2.37. The second-order valence-electron chi connectivity index (χ2n) is 4.87. The van der Waals surface area contributed by atoms with E-state index in [1.54, 1.807) is 13.3 Å². The number of nitrogens with zero attached hydrogens (tertiary/aromatic N) is 1. The Labute approximate surface area is 116 Å².